The molecule has 0 unspecified atom stereocenters. The zero-order valence-corrected chi connectivity index (χ0v) is 10.1. The van der Waals surface area contributed by atoms with Gasteiger partial charge in [0.25, 0.3) is 0 Å². The van der Waals surface area contributed by atoms with Gasteiger partial charge in [-0.2, -0.15) is 0 Å². The molecule has 1 aromatic rings. The minimum absolute atomic E-state index is 0.538. The van der Waals surface area contributed by atoms with Crippen LogP contribution in [0, 0.1) is 0 Å². The molecule has 0 aliphatic carbocycles. The van der Waals surface area contributed by atoms with Crippen LogP contribution in [0.2, 0.25) is 10.0 Å². The Kier molecular flexibility index (Phi) is 4.59. The molecule has 1 aromatic carbocycles. The van der Waals surface area contributed by atoms with E-state index in [-0.39, 0.29) is 0 Å². The van der Waals surface area contributed by atoms with E-state index in [2.05, 4.69) is 0 Å². The molecule has 0 saturated carbocycles. The molecule has 0 saturated heterocycles. The molecule has 0 aromatic heterocycles. The monoisotopic (exact) mass is 256 g/mol. The maximum Gasteiger partial charge on any atom is 0.328 e. The maximum atomic E-state index is 10.3. The molecule has 0 atom stereocenters. The van der Waals surface area contributed by atoms with Gasteiger partial charge in [0.05, 0.1) is 0 Å². The molecule has 0 spiro atoms. The molecule has 0 bridgehead atoms. The molecular weight excluding hydrogens is 247 g/mol. The van der Waals surface area contributed by atoms with Crippen LogP contribution in [0.5, 0.6) is 0 Å². The van der Waals surface area contributed by atoms with Crippen LogP contribution in [0.4, 0.5) is 0 Å². The fraction of sp³-hybridized carbons (Fsp3) is 0.0833. The molecule has 1 N–H and O–H groups in total. The highest BCUT2D eigenvalue weighted by atomic mass is 35.5. The number of carbonyl (C=O) groups is 1. The van der Waals surface area contributed by atoms with E-state index in [1.165, 1.54) is 6.08 Å². The summed E-state index contributed by atoms with van der Waals surface area (Å²) in [5.74, 6) is -0.977. The van der Waals surface area contributed by atoms with Crippen molar-refractivity contribution in [3.05, 3.63) is 51.5 Å². The second-order valence-electron chi connectivity index (χ2n) is 3.23. The van der Waals surface area contributed by atoms with Crippen LogP contribution in [0.15, 0.2) is 35.9 Å². The number of halogens is 2. The lowest BCUT2D eigenvalue weighted by Gasteiger charge is -1.99. The van der Waals surface area contributed by atoms with E-state index < -0.39 is 5.97 Å². The third-order valence-corrected chi connectivity index (χ3v) is 2.40. The highest BCUT2D eigenvalue weighted by Crippen LogP contribution is 2.23. The highest BCUT2D eigenvalue weighted by molar-refractivity contribution is 6.35. The lowest BCUT2D eigenvalue weighted by Crippen LogP contribution is -1.86. The summed E-state index contributed by atoms with van der Waals surface area (Å²) >= 11 is 11.7. The molecule has 0 amide bonds. The Hall–Kier alpha value is -1.25. The average molecular weight is 257 g/mol. The van der Waals surface area contributed by atoms with Crippen molar-refractivity contribution in [1.82, 2.24) is 0 Å². The second-order valence-corrected chi connectivity index (χ2v) is 4.07. The normalized spacial score (nSPS) is 12.1. The molecule has 84 valence electrons. The van der Waals surface area contributed by atoms with Gasteiger partial charge in [0.2, 0.25) is 0 Å². The fourth-order valence-electron chi connectivity index (χ4n) is 1.11. The first-order valence-corrected chi connectivity index (χ1v) is 5.29. The lowest BCUT2D eigenvalue weighted by atomic mass is 10.1. The van der Waals surface area contributed by atoms with Crippen molar-refractivity contribution in [2.24, 2.45) is 0 Å². The molecule has 0 aliphatic heterocycles. The molecule has 0 aliphatic rings. The Labute approximate surface area is 104 Å². The van der Waals surface area contributed by atoms with Crippen LogP contribution in [-0.2, 0) is 4.79 Å². The van der Waals surface area contributed by atoms with Gasteiger partial charge in [-0.1, -0.05) is 47.0 Å². The number of hydrogen-bond acceptors (Lipinski definition) is 1. The largest absolute Gasteiger partial charge is 0.478 e. The summed E-state index contributed by atoms with van der Waals surface area (Å²) in [6.45, 7) is 1.80. The molecule has 0 fully saturated rings. The van der Waals surface area contributed by atoms with E-state index >= 15 is 0 Å². The summed E-state index contributed by atoms with van der Waals surface area (Å²) in [7, 11) is 0. The van der Waals surface area contributed by atoms with E-state index in [4.69, 9.17) is 28.3 Å². The van der Waals surface area contributed by atoms with E-state index in [1.807, 2.05) is 0 Å². The number of carboxylic acid groups (broad SMARTS) is 1. The quantitative estimate of drug-likeness (QED) is 0.655. The third kappa shape index (κ3) is 4.09. The van der Waals surface area contributed by atoms with Gasteiger partial charge < -0.3 is 5.11 Å². The maximum absolute atomic E-state index is 10.3. The predicted octanol–water partition coefficient (Wildman–Crippen LogP) is 4.04. The number of benzene rings is 1. The molecule has 2 nitrogen and oxygen atoms in total. The van der Waals surface area contributed by atoms with Gasteiger partial charge in [0.1, 0.15) is 0 Å². The molecule has 0 heterocycles. The highest BCUT2D eigenvalue weighted by Gasteiger charge is 1.98. The molecule has 4 heteroatoms. The second kappa shape index (κ2) is 5.73. The van der Waals surface area contributed by atoms with Crippen LogP contribution >= 0.6 is 23.2 Å². The zero-order valence-electron chi connectivity index (χ0n) is 8.58. The average Bonchev–Trinajstić information content (AvgIpc) is 2.19. The smallest absolute Gasteiger partial charge is 0.328 e. The Balaban J connectivity index is 2.94. The minimum atomic E-state index is -0.977. The Morgan fingerprint density at radius 3 is 2.56 bits per heavy atom. The molecule has 16 heavy (non-hydrogen) atoms. The van der Waals surface area contributed by atoms with Gasteiger partial charge >= 0.3 is 5.97 Å². The molecular formula is C12H10Cl2O2. The van der Waals surface area contributed by atoms with Gasteiger partial charge in [0.15, 0.2) is 0 Å². The van der Waals surface area contributed by atoms with E-state index in [0.29, 0.717) is 10.0 Å². The SMILES string of the molecule is CC(/C=C/C(=O)O)=C\c1ccc(Cl)cc1Cl. The standard InChI is InChI=1S/C12H10Cl2O2/c1-8(2-5-12(15)16)6-9-3-4-10(13)7-11(9)14/h2-7H,1H3,(H,15,16)/b5-2+,8-6+. The third-order valence-electron chi connectivity index (χ3n) is 1.83. The Morgan fingerprint density at radius 2 is 2.00 bits per heavy atom. The predicted molar refractivity (Wildman–Crippen MR) is 66.9 cm³/mol. The van der Waals surface area contributed by atoms with Crippen LogP contribution in [0.3, 0.4) is 0 Å². The van der Waals surface area contributed by atoms with Gasteiger partial charge in [-0.3, -0.25) is 0 Å². The number of hydrogen-bond donors (Lipinski definition) is 1. The summed E-state index contributed by atoms with van der Waals surface area (Å²) in [6, 6.07) is 5.15. The van der Waals surface area contributed by atoms with Crippen molar-refractivity contribution in [1.29, 1.82) is 0 Å². The summed E-state index contributed by atoms with van der Waals surface area (Å²) in [4.78, 5) is 10.3. The summed E-state index contributed by atoms with van der Waals surface area (Å²) < 4.78 is 0. The van der Waals surface area contributed by atoms with Crippen LogP contribution in [0.25, 0.3) is 6.08 Å². The van der Waals surface area contributed by atoms with E-state index in [0.717, 1.165) is 17.2 Å². The summed E-state index contributed by atoms with van der Waals surface area (Å²) in [6.07, 6.45) is 4.38. The number of allylic oxidation sites excluding steroid dienone is 2. The molecule has 0 radical (unpaired) electrons. The lowest BCUT2D eigenvalue weighted by molar-refractivity contribution is -0.131. The summed E-state index contributed by atoms with van der Waals surface area (Å²) in [5, 5.41) is 9.57. The Morgan fingerprint density at radius 1 is 1.31 bits per heavy atom. The topological polar surface area (TPSA) is 37.3 Å². The van der Waals surface area contributed by atoms with Gasteiger partial charge in [-0.15, -0.1) is 0 Å². The first kappa shape index (κ1) is 12.8. The van der Waals surface area contributed by atoms with Crippen molar-refractivity contribution in [3.8, 4) is 0 Å². The van der Waals surface area contributed by atoms with Crippen molar-refractivity contribution in [2.75, 3.05) is 0 Å². The number of rotatable bonds is 3. The molecule has 1 rings (SSSR count). The van der Waals surface area contributed by atoms with Crippen molar-refractivity contribution < 1.29 is 9.90 Å². The van der Waals surface area contributed by atoms with Crippen molar-refractivity contribution in [2.45, 2.75) is 6.92 Å². The number of aliphatic carboxylic acids is 1. The number of carboxylic acids is 1. The Bertz CT molecular complexity index is 462. The van der Waals surface area contributed by atoms with Crippen molar-refractivity contribution >= 4 is 35.2 Å². The van der Waals surface area contributed by atoms with E-state index in [9.17, 15) is 4.79 Å². The van der Waals surface area contributed by atoms with Gasteiger partial charge in [0, 0.05) is 16.1 Å². The minimum Gasteiger partial charge on any atom is -0.478 e. The first-order chi connectivity index (χ1) is 7.49. The van der Waals surface area contributed by atoms with Gasteiger partial charge in [-0.05, 0) is 24.6 Å². The summed E-state index contributed by atoms with van der Waals surface area (Å²) in [5.41, 5.74) is 1.60. The fourth-order valence-corrected chi connectivity index (χ4v) is 1.58. The van der Waals surface area contributed by atoms with Gasteiger partial charge in [-0.25, -0.2) is 4.79 Å². The van der Waals surface area contributed by atoms with Crippen LogP contribution in [0.1, 0.15) is 12.5 Å². The van der Waals surface area contributed by atoms with E-state index in [1.54, 1.807) is 31.2 Å². The first-order valence-electron chi connectivity index (χ1n) is 4.53. The van der Waals surface area contributed by atoms with Crippen molar-refractivity contribution in [3.63, 3.8) is 0 Å². The van der Waals surface area contributed by atoms with Crippen LogP contribution < -0.4 is 0 Å². The van der Waals surface area contributed by atoms with Crippen LogP contribution in [-0.4, -0.2) is 11.1 Å². The zero-order chi connectivity index (χ0) is 12.1.